The molecule has 37 heavy (non-hydrogen) atoms. The van der Waals surface area contributed by atoms with Crippen LogP contribution in [-0.2, 0) is 10.0 Å². The van der Waals surface area contributed by atoms with Crippen LogP contribution in [0.15, 0.2) is 83.9 Å². The molecule has 0 aliphatic rings. The third-order valence-corrected chi connectivity index (χ3v) is 7.88. The molecule has 6 rings (SSSR count). The van der Waals surface area contributed by atoms with E-state index in [1.807, 2.05) is 6.92 Å². The Bertz CT molecular complexity index is 1950. The van der Waals surface area contributed by atoms with Gasteiger partial charge in [0.25, 0.3) is 10.0 Å². The Morgan fingerprint density at radius 2 is 1.81 bits per heavy atom. The number of H-pyrrole nitrogens is 1. The molecular formula is C26H19FN6O3S. The summed E-state index contributed by atoms with van der Waals surface area (Å²) in [6, 6.07) is 18.3. The van der Waals surface area contributed by atoms with Gasteiger partial charge in [-0.3, -0.25) is 4.79 Å². The van der Waals surface area contributed by atoms with Crippen molar-refractivity contribution >= 4 is 43.6 Å². The van der Waals surface area contributed by atoms with E-state index in [0.29, 0.717) is 5.69 Å². The molecule has 0 atom stereocenters. The zero-order valence-electron chi connectivity index (χ0n) is 19.4. The number of rotatable bonds is 5. The summed E-state index contributed by atoms with van der Waals surface area (Å²) in [7, 11) is -4.25. The van der Waals surface area contributed by atoms with Crippen LogP contribution in [0.2, 0.25) is 0 Å². The average Bonchev–Trinajstić information content (AvgIpc) is 3.58. The second-order valence-electron chi connectivity index (χ2n) is 8.49. The normalized spacial score (nSPS) is 11.9. The number of hydrogen-bond acceptors (Lipinski definition) is 6. The number of aryl methyl sites for hydroxylation is 1. The molecule has 3 heterocycles. The zero-order valence-corrected chi connectivity index (χ0v) is 20.2. The van der Waals surface area contributed by atoms with Crippen LogP contribution >= 0.6 is 0 Å². The van der Waals surface area contributed by atoms with Gasteiger partial charge >= 0.3 is 0 Å². The molecule has 0 saturated heterocycles. The molecule has 0 amide bonds. The number of anilines is 1. The van der Waals surface area contributed by atoms with Gasteiger partial charge in [0.05, 0.1) is 38.9 Å². The third kappa shape index (κ3) is 3.51. The van der Waals surface area contributed by atoms with Crippen LogP contribution in [-0.4, -0.2) is 37.9 Å². The van der Waals surface area contributed by atoms with E-state index in [0.717, 1.165) is 20.8 Å². The molecule has 3 aromatic carbocycles. The Balaban J connectivity index is 1.52. The molecule has 9 nitrogen and oxygen atoms in total. The summed E-state index contributed by atoms with van der Waals surface area (Å²) in [4.78, 5) is 21.2. The lowest BCUT2D eigenvalue weighted by molar-refractivity contribution is 0.103. The minimum absolute atomic E-state index is 0.00335. The third-order valence-electron chi connectivity index (χ3n) is 6.14. The molecule has 3 aromatic heterocycles. The predicted octanol–water partition coefficient (Wildman–Crippen LogP) is 4.20. The molecule has 0 aliphatic carbocycles. The van der Waals surface area contributed by atoms with Crippen molar-refractivity contribution in [1.82, 2.24) is 23.7 Å². The molecule has 0 aliphatic heterocycles. The Morgan fingerprint density at radius 1 is 1.03 bits per heavy atom. The van der Waals surface area contributed by atoms with Gasteiger partial charge in [-0.25, -0.2) is 26.4 Å². The molecule has 184 valence electrons. The van der Waals surface area contributed by atoms with Gasteiger partial charge in [0.1, 0.15) is 23.2 Å². The van der Waals surface area contributed by atoms with Crippen LogP contribution in [0.25, 0.3) is 27.6 Å². The van der Waals surface area contributed by atoms with Crippen molar-refractivity contribution in [3.05, 3.63) is 102 Å². The second kappa shape index (κ2) is 8.14. The Hall–Kier alpha value is -4.77. The van der Waals surface area contributed by atoms with Crippen molar-refractivity contribution in [1.29, 1.82) is 0 Å². The molecular weight excluding hydrogens is 495 g/mol. The summed E-state index contributed by atoms with van der Waals surface area (Å²) in [5, 5.41) is 4.27. The lowest BCUT2D eigenvalue weighted by Crippen LogP contribution is -2.19. The first-order valence-corrected chi connectivity index (χ1v) is 12.7. The number of halogens is 1. The quantitative estimate of drug-likeness (QED) is 0.332. The van der Waals surface area contributed by atoms with Crippen LogP contribution in [0.3, 0.4) is 0 Å². The highest BCUT2D eigenvalue weighted by atomic mass is 32.2. The second-order valence-corrected chi connectivity index (χ2v) is 10.3. The summed E-state index contributed by atoms with van der Waals surface area (Å²) in [6.45, 7) is 1.84. The average molecular weight is 515 g/mol. The number of nitrogens with zero attached hydrogens (tertiary/aromatic N) is 4. The van der Waals surface area contributed by atoms with Gasteiger partial charge in [-0.1, -0.05) is 24.3 Å². The Labute approximate surface area is 210 Å². The van der Waals surface area contributed by atoms with Crippen LogP contribution in [0.5, 0.6) is 0 Å². The number of nitrogen functional groups attached to an aromatic ring is 1. The first-order valence-electron chi connectivity index (χ1n) is 11.2. The molecule has 11 heteroatoms. The van der Waals surface area contributed by atoms with E-state index < -0.39 is 21.6 Å². The van der Waals surface area contributed by atoms with E-state index in [2.05, 4.69) is 15.1 Å². The van der Waals surface area contributed by atoms with Crippen molar-refractivity contribution in [3.8, 4) is 5.69 Å². The molecule has 0 spiro atoms. The summed E-state index contributed by atoms with van der Waals surface area (Å²) in [6.07, 6.45) is 1.27. The van der Waals surface area contributed by atoms with Crippen LogP contribution in [0.4, 0.5) is 10.2 Å². The number of hydrogen-bond donors (Lipinski definition) is 2. The van der Waals surface area contributed by atoms with E-state index in [9.17, 15) is 17.6 Å². The van der Waals surface area contributed by atoms with Gasteiger partial charge in [-0.2, -0.15) is 5.10 Å². The number of nitrogens with two attached hydrogens (primary N) is 1. The van der Waals surface area contributed by atoms with Crippen molar-refractivity contribution in [2.75, 3.05) is 5.73 Å². The highest BCUT2D eigenvalue weighted by Gasteiger charge is 2.30. The highest BCUT2D eigenvalue weighted by molar-refractivity contribution is 7.90. The SMILES string of the molecule is Cc1nc2ccc(-n3ncc(C(=O)c4cc5c(F)cccc5n4S(=O)(=O)c4ccccc4)c3N)cc2[nH]1. The van der Waals surface area contributed by atoms with E-state index in [4.69, 9.17) is 5.73 Å². The van der Waals surface area contributed by atoms with Gasteiger partial charge in [0.15, 0.2) is 0 Å². The van der Waals surface area contributed by atoms with Gasteiger partial charge in [-0.15, -0.1) is 0 Å². The number of nitrogens with one attached hydrogen (secondary N) is 1. The van der Waals surface area contributed by atoms with Gasteiger partial charge < -0.3 is 10.7 Å². The number of aromatic amines is 1. The van der Waals surface area contributed by atoms with Crippen LogP contribution in [0, 0.1) is 12.7 Å². The number of carbonyl (C=O) groups is 1. The number of ketones is 1. The largest absolute Gasteiger partial charge is 0.383 e. The maximum Gasteiger partial charge on any atom is 0.268 e. The fourth-order valence-corrected chi connectivity index (χ4v) is 5.94. The van der Waals surface area contributed by atoms with E-state index >= 15 is 0 Å². The summed E-state index contributed by atoms with van der Waals surface area (Å²) < 4.78 is 44.2. The molecule has 3 N–H and O–H groups in total. The molecule has 0 radical (unpaired) electrons. The maximum atomic E-state index is 14.7. The fraction of sp³-hybridized carbons (Fsp3) is 0.0385. The molecule has 0 saturated carbocycles. The van der Waals surface area contributed by atoms with E-state index in [1.165, 1.54) is 47.3 Å². The first-order chi connectivity index (χ1) is 17.8. The number of imidazole rings is 1. The van der Waals surface area contributed by atoms with Crippen molar-refractivity contribution in [3.63, 3.8) is 0 Å². The monoisotopic (exact) mass is 514 g/mol. The number of aromatic nitrogens is 5. The van der Waals surface area contributed by atoms with E-state index in [-0.39, 0.29) is 32.9 Å². The predicted molar refractivity (Wildman–Crippen MR) is 137 cm³/mol. The summed E-state index contributed by atoms with van der Waals surface area (Å²) >= 11 is 0. The maximum absolute atomic E-state index is 14.7. The Morgan fingerprint density at radius 3 is 2.59 bits per heavy atom. The standard InChI is InChI=1S/C26H19FN6O3S/c1-15-30-21-11-10-16(12-22(21)31-15)32-26(28)19(14-29-32)25(34)24-13-18-20(27)8-5-9-23(18)33(24)37(35,36)17-6-3-2-4-7-17/h2-14H,28H2,1H3,(H,30,31). The topological polar surface area (TPSA) is 129 Å². The zero-order chi connectivity index (χ0) is 25.9. The van der Waals surface area contributed by atoms with E-state index in [1.54, 1.807) is 36.4 Å². The lowest BCUT2D eigenvalue weighted by Gasteiger charge is -2.11. The number of fused-ring (bicyclic) bond motifs is 2. The number of benzene rings is 3. The van der Waals surface area contributed by atoms with Crippen molar-refractivity contribution < 1.29 is 17.6 Å². The summed E-state index contributed by atoms with van der Waals surface area (Å²) in [5.41, 5.74) is 8.21. The highest BCUT2D eigenvalue weighted by Crippen LogP contribution is 2.30. The van der Waals surface area contributed by atoms with Crippen LogP contribution < -0.4 is 5.73 Å². The minimum atomic E-state index is -4.25. The minimum Gasteiger partial charge on any atom is -0.383 e. The smallest absolute Gasteiger partial charge is 0.268 e. The first kappa shape index (κ1) is 22.7. The Kier molecular flexibility index (Phi) is 4.99. The molecule has 0 bridgehead atoms. The lowest BCUT2D eigenvalue weighted by atomic mass is 10.1. The fourth-order valence-electron chi connectivity index (χ4n) is 4.42. The molecule has 0 unspecified atom stereocenters. The van der Waals surface area contributed by atoms with Crippen molar-refractivity contribution in [2.45, 2.75) is 11.8 Å². The number of carbonyl (C=O) groups excluding carboxylic acids is 1. The van der Waals surface area contributed by atoms with Gasteiger partial charge in [0, 0.05) is 5.39 Å². The molecule has 0 fully saturated rings. The summed E-state index contributed by atoms with van der Waals surface area (Å²) in [5.74, 6) is -0.608. The van der Waals surface area contributed by atoms with Crippen molar-refractivity contribution in [2.24, 2.45) is 0 Å². The van der Waals surface area contributed by atoms with Crippen LogP contribution in [0.1, 0.15) is 21.9 Å². The van der Waals surface area contributed by atoms with Gasteiger partial charge in [-0.05, 0) is 55.5 Å². The van der Waals surface area contributed by atoms with Gasteiger partial charge in [0.2, 0.25) is 5.78 Å². The molecule has 6 aromatic rings.